The Kier molecular flexibility index (Phi) is 10.3. The van der Waals surface area contributed by atoms with Crippen LogP contribution in [0, 0.1) is 0 Å². The SMILES string of the molecule is C=CC1=C(/C=C\C)C(c2ccccc2)(c2ccccc2)c2cc(-c3cccc(-c4cccc(-c5cc(-c6ccc(-c7ccccc7)cc6)nc(-c6ccccc6)n5)c4)c3)ccc21. The lowest BCUT2D eigenvalue weighted by molar-refractivity contribution is 0.761. The fourth-order valence-corrected chi connectivity index (χ4v) is 9.19. The van der Waals surface area contributed by atoms with Crippen LogP contribution in [0.25, 0.3) is 72.9 Å². The van der Waals surface area contributed by atoms with Crippen molar-refractivity contribution in [2.24, 2.45) is 0 Å². The van der Waals surface area contributed by atoms with Crippen molar-refractivity contribution >= 4 is 5.57 Å². The second kappa shape index (κ2) is 16.6. The number of rotatable bonds is 10. The molecule has 0 aliphatic heterocycles. The molecule has 2 heteroatoms. The summed E-state index contributed by atoms with van der Waals surface area (Å²) in [5, 5.41) is 0. The molecule has 62 heavy (non-hydrogen) atoms. The monoisotopic (exact) mass is 792 g/mol. The van der Waals surface area contributed by atoms with E-state index in [9.17, 15) is 0 Å². The van der Waals surface area contributed by atoms with Gasteiger partial charge in [0.2, 0.25) is 0 Å². The van der Waals surface area contributed by atoms with Crippen LogP contribution in [0.4, 0.5) is 0 Å². The van der Waals surface area contributed by atoms with Crippen molar-refractivity contribution in [2.75, 3.05) is 0 Å². The van der Waals surface area contributed by atoms with Crippen LogP contribution in [-0.4, -0.2) is 9.97 Å². The van der Waals surface area contributed by atoms with E-state index >= 15 is 0 Å². The summed E-state index contributed by atoms with van der Waals surface area (Å²) in [6.07, 6.45) is 6.45. The highest BCUT2D eigenvalue weighted by Crippen LogP contribution is 2.56. The Morgan fingerprint density at radius 1 is 0.403 bits per heavy atom. The number of nitrogens with zero attached hydrogens (tertiary/aromatic N) is 2. The molecule has 0 amide bonds. The Balaban J connectivity index is 1.05. The molecule has 1 aliphatic carbocycles. The molecule has 0 atom stereocenters. The standard InChI is InChI=1S/C60H44N2/c1-3-19-55-53(4-2)54-37-36-49(40-56(54)60(55,51-28-13-7-14-29-51)52-30-15-8-16-31-52)47-25-17-24-46(38-47)48-26-18-27-50(39-48)58-41-57(61-59(62-58)45-22-11-6-12-23-45)44-34-32-43(33-35-44)42-20-9-5-10-21-42/h3-41H,2H2,1H3/b19-3-. The van der Waals surface area contributed by atoms with Gasteiger partial charge in [0.1, 0.15) is 0 Å². The Labute approximate surface area is 364 Å². The molecule has 0 saturated heterocycles. The third-order valence-corrected chi connectivity index (χ3v) is 12.1. The topological polar surface area (TPSA) is 25.8 Å². The van der Waals surface area contributed by atoms with Crippen molar-refractivity contribution < 1.29 is 0 Å². The van der Waals surface area contributed by atoms with Gasteiger partial charge in [0.25, 0.3) is 0 Å². The van der Waals surface area contributed by atoms with E-state index in [0.29, 0.717) is 5.82 Å². The summed E-state index contributed by atoms with van der Waals surface area (Å²) >= 11 is 0. The van der Waals surface area contributed by atoms with E-state index < -0.39 is 5.41 Å². The lowest BCUT2D eigenvalue weighted by Gasteiger charge is -2.35. The fourth-order valence-electron chi connectivity index (χ4n) is 9.19. The lowest BCUT2D eigenvalue weighted by atomic mass is 9.66. The van der Waals surface area contributed by atoms with Crippen LogP contribution in [0.1, 0.15) is 29.2 Å². The van der Waals surface area contributed by atoms with Gasteiger partial charge in [0, 0.05) is 16.7 Å². The molecule has 0 unspecified atom stereocenters. The molecule has 10 rings (SSSR count). The number of aromatic nitrogens is 2. The molecule has 0 N–H and O–H groups in total. The van der Waals surface area contributed by atoms with Crippen molar-refractivity contribution in [1.82, 2.24) is 9.97 Å². The normalized spacial score (nSPS) is 13.0. The molecular weight excluding hydrogens is 749 g/mol. The Morgan fingerprint density at radius 3 is 1.40 bits per heavy atom. The molecule has 0 radical (unpaired) electrons. The molecule has 8 aromatic carbocycles. The molecule has 0 bridgehead atoms. The number of hydrogen-bond donors (Lipinski definition) is 0. The van der Waals surface area contributed by atoms with Crippen LogP contribution in [0.3, 0.4) is 0 Å². The van der Waals surface area contributed by atoms with Crippen LogP contribution in [0.15, 0.2) is 249 Å². The molecule has 2 nitrogen and oxygen atoms in total. The first-order valence-electron chi connectivity index (χ1n) is 21.2. The second-order valence-electron chi connectivity index (χ2n) is 15.7. The van der Waals surface area contributed by atoms with Crippen molar-refractivity contribution in [3.63, 3.8) is 0 Å². The highest BCUT2D eigenvalue weighted by atomic mass is 14.9. The van der Waals surface area contributed by atoms with Gasteiger partial charge in [0.15, 0.2) is 5.82 Å². The summed E-state index contributed by atoms with van der Waals surface area (Å²) in [5.74, 6) is 0.697. The predicted octanol–water partition coefficient (Wildman–Crippen LogP) is 15.3. The zero-order valence-electron chi connectivity index (χ0n) is 34.6. The third-order valence-electron chi connectivity index (χ3n) is 12.1. The summed E-state index contributed by atoms with van der Waals surface area (Å²) in [4.78, 5) is 10.3. The van der Waals surface area contributed by atoms with E-state index in [1.54, 1.807) is 0 Å². The summed E-state index contributed by atoms with van der Waals surface area (Å²) in [6.45, 7) is 6.43. The van der Waals surface area contributed by atoms with E-state index in [-0.39, 0.29) is 0 Å². The number of benzene rings is 8. The van der Waals surface area contributed by atoms with Gasteiger partial charge in [-0.1, -0.05) is 219 Å². The Bertz CT molecular complexity index is 3070. The van der Waals surface area contributed by atoms with Crippen molar-refractivity contribution in [3.8, 4) is 67.3 Å². The molecule has 1 aliphatic rings. The first-order chi connectivity index (χ1) is 30.6. The smallest absolute Gasteiger partial charge is 0.160 e. The first kappa shape index (κ1) is 38.3. The minimum absolute atomic E-state index is 0.519. The van der Waals surface area contributed by atoms with Crippen LogP contribution < -0.4 is 0 Å². The maximum Gasteiger partial charge on any atom is 0.160 e. The molecule has 1 aromatic heterocycles. The summed E-state index contributed by atoms with van der Waals surface area (Å²) in [6, 6.07) is 77.9. The average molecular weight is 793 g/mol. The Hall–Kier alpha value is -7.94. The molecule has 294 valence electrons. The molecular formula is C60H44N2. The predicted molar refractivity (Wildman–Crippen MR) is 259 cm³/mol. The van der Waals surface area contributed by atoms with E-state index in [1.807, 2.05) is 30.3 Å². The highest BCUT2D eigenvalue weighted by Gasteiger charge is 2.46. The van der Waals surface area contributed by atoms with E-state index in [1.165, 1.54) is 39.0 Å². The zero-order chi connectivity index (χ0) is 41.9. The number of allylic oxidation sites excluding steroid dienone is 5. The molecule has 0 saturated carbocycles. The summed E-state index contributed by atoms with van der Waals surface area (Å²) in [5.41, 5.74) is 18.5. The summed E-state index contributed by atoms with van der Waals surface area (Å²) in [7, 11) is 0. The van der Waals surface area contributed by atoms with Gasteiger partial charge in [0.05, 0.1) is 16.8 Å². The van der Waals surface area contributed by atoms with Crippen LogP contribution in [-0.2, 0) is 5.41 Å². The maximum absolute atomic E-state index is 5.17. The maximum atomic E-state index is 5.17. The Morgan fingerprint density at radius 2 is 0.839 bits per heavy atom. The number of hydrogen-bond acceptors (Lipinski definition) is 2. The highest BCUT2D eigenvalue weighted by molar-refractivity contribution is 5.93. The van der Waals surface area contributed by atoms with E-state index in [4.69, 9.17) is 9.97 Å². The van der Waals surface area contributed by atoms with Crippen molar-refractivity contribution in [3.05, 3.63) is 271 Å². The van der Waals surface area contributed by atoms with Crippen LogP contribution >= 0.6 is 0 Å². The van der Waals surface area contributed by atoms with Gasteiger partial charge in [-0.05, 0) is 98.0 Å². The van der Waals surface area contributed by atoms with Gasteiger partial charge in [-0.2, -0.15) is 0 Å². The fraction of sp³-hybridized carbons (Fsp3) is 0.0333. The minimum atomic E-state index is -0.519. The van der Waals surface area contributed by atoms with Gasteiger partial charge in [-0.25, -0.2) is 9.97 Å². The van der Waals surface area contributed by atoms with Crippen molar-refractivity contribution in [1.29, 1.82) is 0 Å². The van der Waals surface area contributed by atoms with Gasteiger partial charge < -0.3 is 0 Å². The number of fused-ring (bicyclic) bond motifs is 1. The molecule has 1 heterocycles. The largest absolute Gasteiger partial charge is 0.228 e. The van der Waals surface area contributed by atoms with Crippen LogP contribution in [0.2, 0.25) is 0 Å². The van der Waals surface area contributed by atoms with Crippen LogP contribution in [0.5, 0.6) is 0 Å². The van der Waals surface area contributed by atoms with Gasteiger partial charge in [-0.3, -0.25) is 0 Å². The average Bonchev–Trinajstić information content (AvgIpc) is 3.64. The molecule has 0 fully saturated rings. The molecule has 0 spiro atoms. The van der Waals surface area contributed by atoms with Crippen molar-refractivity contribution in [2.45, 2.75) is 12.3 Å². The van der Waals surface area contributed by atoms with E-state index in [0.717, 1.165) is 55.9 Å². The zero-order valence-corrected chi connectivity index (χ0v) is 34.6. The third kappa shape index (κ3) is 6.92. The first-order valence-corrected chi connectivity index (χ1v) is 21.2. The van der Waals surface area contributed by atoms with Gasteiger partial charge >= 0.3 is 0 Å². The summed E-state index contributed by atoms with van der Waals surface area (Å²) < 4.78 is 0. The van der Waals surface area contributed by atoms with Gasteiger partial charge in [-0.15, -0.1) is 0 Å². The molecule has 9 aromatic rings. The van der Waals surface area contributed by atoms with E-state index in [2.05, 4.69) is 220 Å². The minimum Gasteiger partial charge on any atom is -0.228 e. The quantitative estimate of drug-likeness (QED) is 0.138. The second-order valence-corrected chi connectivity index (χ2v) is 15.7. The lowest BCUT2D eigenvalue weighted by Crippen LogP contribution is -2.29.